The summed E-state index contributed by atoms with van der Waals surface area (Å²) in [4.78, 5) is 41.4. The van der Waals surface area contributed by atoms with Crippen LogP contribution in [-0.2, 0) is 4.79 Å². The van der Waals surface area contributed by atoms with Crippen LogP contribution in [0.2, 0.25) is 0 Å². The van der Waals surface area contributed by atoms with Gasteiger partial charge in [-0.2, -0.15) is 0 Å². The van der Waals surface area contributed by atoms with Gasteiger partial charge in [0.1, 0.15) is 12.1 Å². The van der Waals surface area contributed by atoms with Gasteiger partial charge in [-0.3, -0.25) is 19.0 Å². The van der Waals surface area contributed by atoms with E-state index in [-0.39, 0.29) is 17.4 Å². The maximum Gasteiger partial charge on any atom is 0.265 e. The molecule has 4 aromatic rings. The predicted octanol–water partition coefficient (Wildman–Crippen LogP) is 3.61. The fraction of sp³-hybridized carbons (Fsp3) is 0.0833. The van der Waals surface area contributed by atoms with Gasteiger partial charge in [0.15, 0.2) is 0 Å². The Hall–Kier alpha value is -4.46. The Morgan fingerprint density at radius 3 is 2.44 bits per heavy atom. The SMILES string of the molecule is COc1ccccc1-n1cnc2cc(C(=O)Nc3cccc(NC(C)=O)c3)ccc2c1=O. The van der Waals surface area contributed by atoms with Crippen molar-refractivity contribution in [3.05, 3.63) is 89.0 Å². The second-order valence-corrected chi connectivity index (χ2v) is 7.04. The lowest BCUT2D eigenvalue weighted by Crippen LogP contribution is -2.20. The Bertz CT molecular complexity index is 1390. The number of carbonyl (C=O) groups is 2. The van der Waals surface area contributed by atoms with Crippen LogP contribution >= 0.6 is 0 Å². The van der Waals surface area contributed by atoms with Crippen molar-refractivity contribution in [1.29, 1.82) is 0 Å². The van der Waals surface area contributed by atoms with Crippen molar-refractivity contribution >= 4 is 34.1 Å². The van der Waals surface area contributed by atoms with Gasteiger partial charge in [-0.25, -0.2) is 4.98 Å². The largest absolute Gasteiger partial charge is 0.495 e. The fourth-order valence-electron chi connectivity index (χ4n) is 3.34. The second-order valence-electron chi connectivity index (χ2n) is 7.04. The fourth-order valence-corrected chi connectivity index (χ4v) is 3.34. The molecular weight excluding hydrogens is 408 g/mol. The number of benzene rings is 3. The van der Waals surface area contributed by atoms with E-state index in [1.165, 1.54) is 24.9 Å². The van der Waals surface area contributed by atoms with E-state index in [0.717, 1.165) is 0 Å². The molecule has 2 amide bonds. The number of anilines is 2. The summed E-state index contributed by atoms with van der Waals surface area (Å²) >= 11 is 0. The van der Waals surface area contributed by atoms with Crippen molar-refractivity contribution in [3.63, 3.8) is 0 Å². The third-order valence-electron chi connectivity index (χ3n) is 4.81. The maximum atomic E-state index is 13.0. The van der Waals surface area contributed by atoms with Crippen LogP contribution in [-0.4, -0.2) is 28.5 Å². The molecule has 0 atom stereocenters. The Labute approximate surface area is 183 Å². The van der Waals surface area contributed by atoms with Crippen molar-refractivity contribution in [2.45, 2.75) is 6.92 Å². The molecule has 0 saturated heterocycles. The average Bonchev–Trinajstić information content (AvgIpc) is 2.79. The highest BCUT2D eigenvalue weighted by Crippen LogP contribution is 2.22. The van der Waals surface area contributed by atoms with Crippen LogP contribution in [0.25, 0.3) is 16.6 Å². The first-order valence-electron chi connectivity index (χ1n) is 9.80. The lowest BCUT2D eigenvalue weighted by Gasteiger charge is -2.11. The lowest BCUT2D eigenvalue weighted by molar-refractivity contribution is -0.114. The van der Waals surface area contributed by atoms with Gasteiger partial charge in [0.25, 0.3) is 11.5 Å². The first-order valence-corrected chi connectivity index (χ1v) is 9.80. The van der Waals surface area contributed by atoms with Crippen LogP contribution < -0.4 is 20.9 Å². The molecule has 1 heterocycles. The second kappa shape index (κ2) is 8.73. The van der Waals surface area contributed by atoms with Gasteiger partial charge in [-0.05, 0) is 48.5 Å². The summed E-state index contributed by atoms with van der Waals surface area (Å²) in [5.74, 6) is -0.0105. The summed E-state index contributed by atoms with van der Waals surface area (Å²) in [6, 6.07) is 18.7. The molecule has 0 saturated carbocycles. The molecule has 1 aromatic heterocycles. The highest BCUT2D eigenvalue weighted by Gasteiger charge is 2.13. The van der Waals surface area contributed by atoms with Crippen LogP contribution in [0.1, 0.15) is 17.3 Å². The number of hydrogen-bond donors (Lipinski definition) is 2. The minimum Gasteiger partial charge on any atom is -0.495 e. The van der Waals surface area contributed by atoms with Crippen molar-refractivity contribution in [2.24, 2.45) is 0 Å². The van der Waals surface area contributed by atoms with Gasteiger partial charge in [-0.1, -0.05) is 18.2 Å². The zero-order chi connectivity index (χ0) is 22.7. The van der Waals surface area contributed by atoms with Gasteiger partial charge < -0.3 is 15.4 Å². The number of fused-ring (bicyclic) bond motifs is 1. The molecule has 160 valence electrons. The minimum absolute atomic E-state index is 0.201. The van der Waals surface area contributed by atoms with Crippen LogP contribution in [0.4, 0.5) is 11.4 Å². The topological polar surface area (TPSA) is 102 Å². The summed E-state index contributed by atoms with van der Waals surface area (Å²) in [6.07, 6.45) is 1.42. The van der Waals surface area contributed by atoms with Gasteiger partial charge in [-0.15, -0.1) is 0 Å². The van der Waals surface area contributed by atoms with Crippen molar-refractivity contribution in [2.75, 3.05) is 17.7 Å². The highest BCUT2D eigenvalue weighted by atomic mass is 16.5. The van der Waals surface area contributed by atoms with Gasteiger partial charge in [0, 0.05) is 23.9 Å². The quantitative estimate of drug-likeness (QED) is 0.506. The maximum absolute atomic E-state index is 13.0. The average molecular weight is 428 g/mol. The van der Waals surface area contributed by atoms with Gasteiger partial charge in [0.2, 0.25) is 5.91 Å². The molecule has 2 N–H and O–H groups in total. The molecule has 0 fully saturated rings. The molecule has 8 heteroatoms. The number of methoxy groups -OCH3 is 1. The third kappa shape index (κ3) is 4.20. The van der Waals surface area contributed by atoms with Crippen molar-refractivity contribution in [1.82, 2.24) is 9.55 Å². The Morgan fingerprint density at radius 2 is 1.69 bits per heavy atom. The van der Waals surface area contributed by atoms with Crippen LogP contribution in [0.5, 0.6) is 5.75 Å². The van der Waals surface area contributed by atoms with E-state index in [0.29, 0.717) is 39.3 Å². The molecule has 0 spiro atoms. The van der Waals surface area contributed by atoms with Gasteiger partial charge in [0.05, 0.1) is 23.7 Å². The van der Waals surface area contributed by atoms with E-state index in [4.69, 9.17) is 4.74 Å². The van der Waals surface area contributed by atoms with E-state index in [9.17, 15) is 14.4 Å². The monoisotopic (exact) mass is 428 g/mol. The first kappa shape index (κ1) is 20.8. The normalized spacial score (nSPS) is 10.6. The van der Waals surface area contributed by atoms with Crippen LogP contribution in [0.3, 0.4) is 0 Å². The molecule has 0 bridgehead atoms. The van der Waals surface area contributed by atoms with E-state index < -0.39 is 0 Å². The van der Waals surface area contributed by atoms with Crippen molar-refractivity contribution in [3.8, 4) is 11.4 Å². The molecule has 8 nitrogen and oxygen atoms in total. The standard InChI is InChI=1S/C24H20N4O4/c1-15(29)26-17-6-5-7-18(13-17)27-23(30)16-10-11-19-20(12-16)25-14-28(24(19)31)21-8-3-4-9-22(21)32-2/h3-14H,1-2H3,(H,26,29)(H,27,30). The van der Waals surface area contributed by atoms with Crippen LogP contribution in [0, 0.1) is 0 Å². The molecule has 0 aliphatic heterocycles. The Kier molecular flexibility index (Phi) is 5.67. The van der Waals surface area contributed by atoms with Crippen molar-refractivity contribution < 1.29 is 14.3 Å². The number of aromatic nitrogens is 2. The number of ether oxygens (including phenoxy) is 1. The smallest absolute Gasteiger partial charge is 0.265 e. The number of carbonyl (C=O) groups excluding carboxylic acids is 2. The summed E-state index contributed by atoms with van der Waals surface area (Å²) in [5, 5.41) is 5.83. The molecule has 0 aliphatic carbocycles. The molecule has 0 aliphatic rings. The lowest BCUT2D eigenvalue weighted by atomic mass is 10.1. The zero-order valence-electron chi connectivity index (χ0n) is 17.5. The molecule has 4 rings (SSSR count). The number of hydrogen-bond acceptors (Lipinski definition) is 5. The van der Waals surface area contributed by atoms with Gasteiger partial charge >= 0.3 is 0 Å². The van der Waals surface area contributed by atoms with E-state index in [1.54, 1.807) is 54.6 Å². The van der Waals surface area contributed by atoms with Crippen LogP contribution in [0.15, 0.2) is 77.9 Å². The summed E-state index contributed by atoms with van der Waals surface area (Å²) in [6.45, 7) is 1.41. The highest BCUT2D eigenvalue weighted by molar-refractivity contribution is 6.06. The summed E-state index contributed by atoms with van der Waals surface area (Å²) in [5.41, 5.74) is 2.17. The van der Waals surface area contributed by atoms with E-state index >= 15 is 0 Å². The molecular formula is C24H20N4O4. The third-order valence-corrected chi connectivity index (χ3v) is 4.81. The number of amides is 2. The molecule has 3 aromatic carbocycles. The number of rotatable bonds is 5. The van der Waals surface area contributed by atoms with E-state index in [2.05, 4.69) is 15.6 Å². The predicted molar refractivity (Wildman–Crippen MR) is 123 cm³/mol. The number of nitrogens with one attached hydrogen (secondary N) is 2. The molecule has 0 unspecified atom stereocenters. The molecule has 32 heavy (non-hydrogen) atoms. The Morgan fingerprint density at radius 1 is 0.938 bits per heavy atom. The Balaban J connectivity index is 1.64. The summed E-state index contributed by atoms with van der Waals surface area (Å²) in [7, 11) is 1.54. The minimum atomic E-state index is -0.359. The van der Waals surface area contributed by atoms with E-state index in [1.807, 2.05) is 12.1 Å². The zero-order valence-corrected chi connectivity index (χ0v) is 17.5. The first-order chi connectivity index (χ1) is 15.5. The number of nitrogens with zero attached hydrogens (tertiary/aromatic N) is 2. The molecule has 0 radical (unpaired) electrons. The summed E-state index contributed by atoms with van der Waals surface area (Å²) < 4.78 is 6.75. The number of para-hydroxylation sites is 2.